The second-order valence-corrected chi connectivity index (χ2v) is 5.96. The smallest absolute Gasteiger partial charge is 0.269 e. The Labute approximate surface area is 124 Å². The van der Waals surface area contributed by atoms with Gasteiger partial charge in [0.2, 0.25) is 0 Å². The van der Waals surface area contributed by atoms with Crippen molar-refractivity contribution in [2.45, 2.75) is 51.6 Å². The molecule has 5 heteroatoms. The summed E-state index contributed by atoms with van der Waals surface area (Å²) in [4.78, 5) is 10.4. The van der Waals surface area contributed by atoms with E-state index in [1.165, 1.54) is 38.2 Å². The Morgan fingerprint density at radius 2 is 2.25 bits per heavy atom. The molecule has 0 radical (unpaired) electrons. The van der Waals surface area contributed by atoms with Crippen LogP contribution in [0.5, 0.6) is 0 Å². The fraction of sp³-hybridized carbons (Fsp3) is 0.600. The highest BCUT2D eigenvalue weighted by molar-refractivity contribution is 6.31. The molecule has 1 aromatic carbocycles. The van der Waals surface area contributed by atoms with Crippen LogP contribution in [-0.4, -0.2) is 11.0 Å². The molecule has 1 aliphatic carbocycles. The van der Waals surface area contributed by atoms with E-state index in [0.717, 1.165) is 11.5 Å². The summed E-state index contributed by atoms with van der Waals surface area (Å²) in [6.45, 7) is 2.84. The van der Waals surface area contributed by atoms with Crippen LogP contribution in [0, 0.1) is 16.0 Å². The lowest BCUT2D eigenvalue weighted by Crippen LogP contribution is -2.33. The largest absolute Gasteiger partial charge is 0.310 e. The molecule has 2 rings (SSSR count). The zero-order valence-electron chi connectivity index (χ0n) is 11.8. The quantitative estimate of drug-likeness (QED) is 0.651. The average Bonchev–Trinajstić information content (AvgIpc) is 2.46. The van der Waals surface area contributed by atoms with E-state index in [0.29, 0.717) is 17.6 Å². The van der Waals surface area contributed by atoms with Crippen LogP contribution in [0.3, 0.4) is 0 Å². The standard InChI is InChI=1S/C15H21ClN2O2/c1-2-11-4-3-5-13(8-11)17-10-12-9-14(18(19)20)6-7-15(12)16/h6-7,9,11,13,17H,2-5,8,10H2,1H3. The molecule has 1 aromatic rings. The van der Waals surface area contributed by atoms with Crippen LogP contribution < -0.4 is 5.32 Å². The number of halogens is 1. The molecule has 0 heterocycles. The predicted molar refractivity (Wildman–Crippen MR) is 81.0 cm³/mol. The topological polar surface area (TPSA) is 55.2 Å². The highest BCUT2D eigenvalue weighted by Gasteiger charge is 2.20. The number of hydrogen-bond donors (Lipinski definition) is 1. The summed E-state index contributed by atoms with van der Waals surface area (Å²) in [6.07, 6.45) is 6.20. The van der Waals surface area contributed by atoms with E-state index in [-0.39, 0.29) is 10.6 Å². The SMILES string of the molecule is CCC1CCCC(NCc2cc([N+](=O)[O-])ccc2Cl)C1. The Morgan fingerprint density at radius 1 is 1.45 bits per heavy atom. The van der Waals surface area contributed by atoms with Gasteiger partial charge in [-0.2, -0.15) is 0 Å². The monoisotopic (exact) mass is 296 g/mol. The Morgan fingerprint density at radius 3 is 2.95 bits per heavy atom. The Balaban J connectivity index is 1.96. The molecule has 0 aliphatic heterocycles. The fourth-order valence-corrected chi connectivity index (χ4v) is 3.10. The molecule has 20 heavy (non-hydrogen) atoms. The number of nitro benzene ring substituents is 1. The maximum atomic E-state index is 10.8. The molecule has 0 saturated heterocycles. The first-order chi connectivity index (χ1) is 9.60. The van der Waals surface area contributed by atoms with Crippen molar-refractivity contribution in [2.75, 3.05) is 0 Å². The van der Waals surface area contributed by atoms with Crippen molar-refractivity contribution in [3.05, 3.63) is 38.9 Å². The molecule has 1 fully saturated rings. The Hall–Kier alpha value is -1.13. The Kier molecular flexibility index (Phi) is 5.38. The normalized spacial score (nSPS) is 22.7. The van der Waals surface area contributed by atoms with Crippen molar-refractivity contribution in [3.63, 3.8) is 0 Å². The lowest BCUT2D eigenvalue weighted by atomic mass is 9.84. The molecule has 2 unspecified atom stereocenters. The van der Waals surface area contributed by atoms with Gasteiger partial charge in [-0.05, 0) is 30.4 Å². The van der Waals surface area contributed by atoms with Gasteiger partial charge in [-0.3, -0.25) is 10.1 Å². The van der Waals surface area contributed by atoms with Crippen LogP contribution in [0.1, 0.15) is 44.6 Å². The molecule has 1 aliphatic rings. The van der Waals surface area contributed by atoms with Crippen molar-refractivity contribution in [1.29, 1.82) is 0 Å². The molecule has 110 valence electrons. The molecule has 2 atom stereocenters. The van der Waals surface area contributed by atoms with Gasteiger partial charge in [0, 0.05) is 29.7 Å². The van der Waals surface area contributed by atoms with E-state index >= 15 is 0 Å². The zero-order valence-corrected chi connectivity index (χ0v) is 12.5. The van der Waals surface area contributed by atoms with E-state index in [9.17, 15) is 10.1 Å². The van der Waals surface area contributed by atoms with Gasteiger partial charge in [0.05, 0.1) is 4.92 Å². The summed E-state index contributed by atoms with van der Waals surface area (Å²) < 4.78 is 0. The predicted octanol–water partition coefficient (Wildman–Crippen LogP) is 4.31. The van der Waals surface area contributed by atoms with Crippen LogP contribution in [0.2, 0.25) is 5.02 Å². The van der Waals surface area contributed by atoms with Gasteiger partial charge in [0.1, 0.15) is 0 Å². The second kappa shape index (κ2) is 7.04. The van der Waals surface area contributed by atoms with Crippen LogP contribution >= 0.6 is 11.6 Å². The van der Waals surface area contributed by atoms with E-state index in [4.69, 9.17) is 11.6 Å². The van der Waals surface area contributed by atoms with E-state index in [2.05, 4.69) is 12.2 Å². The van der Waals surface area contributed by atoms with Crippen molar-refractivity contribution >= 4 is 17.3 Å². The summed E-state index contributed by atoms with van der Waals surface area (Å²) in [5, 5.41) is 14.9. The van der Waals surface area contributed by atoms with Gasteiger partial charge in [0.15, 0.2) is 0 Å². The first-order valence-corrected chi connectivity index (χ1v) is 7.64. The maximum absolute atomic E-state index is 10.8. The number of rotatable bonds is 5. The van der Waals surface area contributed by atoms with Crippen LogP contribution in [0.4, 0.5) is 5.69 Å². The number of nitrogens with zero attached hydrogens (tertiary/aromatic N) is 1. The van der Waals surface area contributed by atoms with Gasteiger partial charge >= 0.3 is 0 Å². The summed E-state index contributed by atoms with van der Waals surface area (Å²) in [5.41, 5.74) is 0.903. The third-order valence-corrected chi connectivity index (χ3v) is 4.55. The van der Waals surface area contributed by atoms with Gasteiger partial charge in [0.25, 0.3) is 5.69 Å². The van der Waals surface area contributed by atoms with Crippen LogP contribution in [-0.2, 0) is 6.54 Å². The fourth-order valence-electron chi connectivity index (χ4n) is 2.91. The van der Waals surface area contributed by atoms with Crippen LogP contribution in [0.25, 0.3) is 0 Å². The number of non-ortho nitro benzene ring substituents is 1. The Bertz CT molecular complexity index is 479. The first kappa shape index (κ1) is 15.3. The summed E-state index contributed by atoms with van der Waals surface area (Å²) >= 11 is 6.11. The maximum Gasteiger partial charge on any atom is 0.269 e. The van der Waals surface area contributed by atoms with Crippen molar-refractivity contribution < 1.29 is 4.92 Å². The molecule has 4 nitrogen and oxygen atoms in total. The van der Waals surface area contributed by atoms with E-state index < -0.39 is 0 Å². The summed E-state index contributed by atoms with van der Waals surface area (Å²) in [7, 11) is 0. The summed E-state index contributed by atoms with van der Waals surface area (Å²) in [5.74, 6) is 0.807. The van der Waals surface area contributed by atoms with Gasteiger partial charge in [-0.1, -0.05) is 37.8 Å². The molecule has 0 spiro atoms. The highest BCUT2D eigenvalue weighted by Crippen LogP contribution is 2.27. The van der Waals surface area contributed by atoms with Crippen molar-refractivity contribution in [3.8, 4) is 0 Å². The number of nitrogens with one attached hydrogen (secondary N) is 1. The van der Waals surface area contributed by atoms with Gasteiger partial charge < -0.3 is 5.32 Å². The minimum absolute atomic E-state index is 0.0984. The molecule has 1 saturated carbocycles. The first-order valence-electron chi connectivity index (χ1n) is 7.26. The number of hydrogen-bond acceptors (Lipinski definition) is 3. The second-order valence-electron chi connectivity index (χ2n) is 5.55. The molecule has 0 bridgehead atoms. The third kappa shape index (κ3) is 3.93. The zero-order chi connectivity index (χ0) is 14.5. The molecule has 0 amide bonds. The molecular weight excluding hydrogens is 276 g/mol. The lowest BCUT2D eigenvalue weighted by Gasteiger charge is -2.29. The van der Waals surface area contributed by atoms with E-state index in [1.54, 1.807) is 12.1 Å². The molecule has 0 aromatic heterocycles. The number of benzene rings is 1. The van der Waals surface area contributed by atoms with Crippen molar-refractivity contribution in [1.82, 2.24) is 5.32 Å². The van der Waals surface area contributed by atoms with Crippen molar-refractivity contribution in [2.24, 2.45) is 5.92 Å². The van der Waals surface area contributed by atoms with Gasteiger partial charge in [-0.15, -0.1) is 0 Å². The lowest BCUT2D eigenvalue weighted by molar-refractivity contribution is -0.384. The minimum Gasteiger partial charge on any atom is -0.310 e. The van der Waals surface area contributed by atoms with E-state index in [1.807, 2.05) is 0 Å². The molecular formula is C15H21ClN2O2. The van der Waals surface area contributed by atoms with Gasteiger partial charge in [-0.25, -0.2) is 0 Å². The summed E-state index contributed by atoms with van der Waals surface area (Å²) in [6, 6.07) is 5.12. The highest BCUT2D eigenvalue weighted by atomic mass is 35.5. The minimum atomic E-state index is -0.381. The number of nitro groups is 1. The molecule has 1 N–H and O–H groups in total. The van der Waals surface area contributed by atoms with Crippen LogP contribution in [0.15, 0.2) is 18.2 Å². The average molecular weight is 297 g/mol. The third-order valence-electron chi connectivity index (χ3n) is 4.18.